The molecule has 0 bridgehead atoms. The predicted molar refractivity (Wildman–Crippen MR) is 87.6 cm³/mol. The summed E-state index contributed by atoms with van der Waals surface area (Å²) in [5, 5.41) is 3.37. The largest absolute Gasteiger partial charge is 0.496 e. The summed E-state index contributed by atoms with van der Waals surface area (Å²) >= 11 is 3.52. The number of halogens is 1. The minimum absolute atomic E-state index is 0.794. The lowest BCUT2D eigenvalue weighted by atomic mass is 10.1. The molecule has 0 saturated heterocycles. The first-order valence-electron chi connectivity index (χ1n) is 7.30. The molecular weight excluding hydrogens is 318 g/mol. The highest BCUT2D eigenvalue weighted by Crippen LogP contribution is 2.24. The molecule has 0 saturated carbocycles. The summed E-state index contributed by atoms with van der Waals surface area (Å²) < 4.78 is 11.5. The number of unbranched alkanes of at least 4 members (excludes halogenated alkanes) is 3. The standard InChI is InChI=1S/C16H26BrNO2/c1-19-12-11-18-10-6-4-3-5-7-14-13-15(17)8-9-16(14)20-2/h8-9,13,18H,3-7,10-12H2,1-2H3. The smallest absolute Gasteiger partial charge is 0.122 e. The molecule has 1 rings (SSSR count). The Hall–Kier alpha value is -0.580. The van der Waals surface area contributed by atoms with Crippen LogP contribution in [-0.2, 0) is 11.2 Å². The Balaban J connectivity index is 2.10. The Morgan fingerprint density at radius 1 is 1.05 bits per heavy atom. The summed E-state index contributed by atoms with van der Waals surface area (Å²) in [4.78, 5) is 0. The maximum atomic E-state index is 5.39. The zero-order chi connectivity index (χ0) is 14.6. The third-order valence-electron chi connectivity index (χ3n) is 3.28. The Morgan fingerprint density at radius 3 is 2.60 bits per heavy atom. The molecule has 0 aliphatic rings. The fourth-order valence-electron chi connectivity index (χ4n) is 2.16. The molecule has 0 radical (unpaired) electrons. The Labute approximate surface area is 131 Å². The van der Waals surface area contributed by atoms with Gasteiger partial charge in [0.05, 0.1) is 13.7 Å². The van der Waals surface area contributed by atoms with Crippen LogP contribution in [0.25, 0.3) is 0 Å². The van der Waals surface area contributed by atoms with E-state index in [1.165, 1.54) is 31.2 Å². The normalized spacial score (nSPS) is 10.8. The number of benzene rings is 1. The van der Waals surface area contributed by atoms with Crippen molar-refractivity contribution in [3.05, 3.63) is 28.2 Å². The molecule has 0 unspecified atom stereocenters. The molecule has 0 aliphatic carbocycles. The fraction of sp³-hybridized carbons (Fsp3) is 0.625. The van der Waals surface area contributed by atoms with E-state index in [1.54, 1.807) is 14.2 Å². The van der Waals surface area contributed by atoms with Crippen molar-refractivity contribution in [2.75, 3.05) is 33.9 Å². The molecule has 0 aliphatic heterocycles. The molecule has 1 N–H and O–H groups in total. The van der Waals surface area contributed by atoms with Gasteiger partial charge >= 0.3 is 0 Å². The fourth-order valence-corrected chi connectivity index (χ4v) is 2.57. The highest BCUT2D eigenvalue weighted by Gasteiger charge is 2.03. The van der Waals surface area contributed by atoms with Crippen molar-refractivity contribution in [1.82, 2.24) is 5.32 Å². The van der Waals surface area contributed by atoms with Crippen LogP contribution in [0.3, 0.4) is 0 Å². The monoisotopic (exact) mass is 343 g/mol. The third-order valence-corrected chi connectivity index (χ3v) is 3.77. The number of hydrogen-bond acceptors (Lipinski definition) is 3. The molecule has 0 aromatic heterocycles. The van der Waals surface area contributed by atoms with Gasteiger partial charge < -0.3 is 14.8 Å². The SMILES string of the molecule is COCCNCCCCCCc1cc(Br)ccc1OC. The Morgan fingerprint density at radius 2 is 1.85 bits per heavy atom. The van der Waals surface area contributed by atoms with Gasteiger partial charge in [-0.1, -0.05) is 28.8 Å². The van der Waals surface area contributed by atoms with Crippen LogP contribution in [-0.4, -0.2) is 33.9 Å². The molecule has 114 valence electrons. The number of nitrogens with one attached hydrogen (secondary N) is 1. The lowest BCUT2D eigenvalue weighted by molar-refractivity contribution is 0.199. The van der Waals surface area contributed by atoms with Crippen molar-refractivity contribution in [1.29, 1.82) is 0 Å². The first kappa shape index (κ1) is 17.5. The minimum atomic E-state index is 0.794. The molecule has 0 atom stereocenters. The summed E-state index contributed by atoms with van der Waals surface area (Å²) in [6.45, 7) is 2.83. The number of methoxy groups -OCH3 is 2. The van der Waals surface area contributed by atoms with Gasteiger partial charge in [-0.2, -0.15) is 0 Å². The van der Waals surface area contributed by atoms with E-state index in [1.807, 2.05) is 12.1 Å². The van der Waals surface area contributed by atoms with E-state index in [2.05, 4.69) is 27.3 Å². The van der Waals surface area contributed by atoms with Crippen LogP contribution in [0.2, 0.25) is 0 Å². The van der Waals surface area contributed by atoms with Crippen LogP contribution in [0.15, 0.2) is 22.7 Å². The maximum absolute atomic E-state index is 5.39. The van der Waals surface area contributed by atoms with Crippen molar-refractivity contribution in [2.24, 2.45) is 0 Å². The number of hydrogen-bond donors (Lipinski definition) is 1. The number of ether oxygens (including phenoxy) is 2. The average Bonchev–Trinajstić information content (AvgIpc) is 2.46. The highest BCUT2D eigenvalue weighted by atomic mass is 79.9. The molecule has 0 amide bonds. The predicted octanol–water partition coefficient (Wildman–Crippen LogP) is 3.80. The van der Waals surface area contributed by atoms with E-state index < -0.39 is 0 Å². The van der Waals surface area contributed by atoms with Crippen molar-refractivity contribution < 1.29 is 9.47 Å². The second kappa shape index (κ2) is 11.1. The minimum Gasteiger partial charge on any atom is -0.496 e. The topological polar surface area (TPSA) is 30.5 Å². The van der Waals surface area contributed by atoms with Crippen LogP contribution in [0.5, 0.6) is 5.75 Å². The van der Waals surface area contributed by atoms with Crippen molar-refractivity contribution in [3.63, 3.8) is 0 Å². The quantitative estimate of drug-likeness (QED) is 0.620. The molecule has 20 heavy (non-hydrogen) atoms. The molecule has 0 spiro atoms. The lowest BCUT2D eigenvalue weighted by Gasteiger charge is -2.09. The van der Waals surface area contributed by atoms with E-state index in [4.69, 9.17) is 9.47 Å². The van der Waals surface area contributed by atoms with E-state index in [9.17, 15) is 0 Å². The summed E-state index contributed by atoms with van der Waals surface area (Å²) in [6.07, 6.45) is 6.07. The Bertz CT molecular complexity index is 371. The van der Waals surface area contributed by atoms with Crippen molar-refractivity contribution >= 4 is 15.9 Å². The van der Waals surface area contributed by atoms with Gasteiger partial charge in [-0.25, -0.2) is 0 Å². The third kappa shape index (κ3) is 7.27. The van der Waals surface area contributed by atoms with Crippen molar-refractivity contribution in [3.8, 4) is 5.75 Å². The lowest BCUT2D eigenvalue weighted by Crippen LogP contribution is -2.20. The molecule has 4 heteroatoms. The second-order valence-electron chi connectivity index (χ2n) is 4.86. The first-order valence-corrected chi connectivity index (χ1v) is 8.09. The van der Waals surface area contributed by atoms with E-state index in [-0.39, 0.29) is 0 Å². The van der Waals surface area contributed by atoms with Crippen LogP contribution in [0.1, 0.15) is 31.2 Å². The summed E-state index contributed by atoms with van der Waals surface area (Å²) in [6, 6.07) is 6.21. The van der Waals surface area contributed by atoms with Crippen molar-refractivity contribution in [2.45, 2.75) is 32.1 Å². The van der Waals surface area contributed by atoms with Crippen LogP contribution >= 0.6 is 15.9 Å². The molecule has 3 nitrogen and oxygen atoms in total. The van der Waals surface area contributed by atoms with Crippen LogP contribution in [0.4, 0.5) is 0 Å². The van der Waals surface area contributed by atoms with Gasteiger partial charge in [0.25, 0.3) is 0 Å². The molecular formula is C16H26BrNO2. The van der Waals surface area contributed by atoms with Gasteiger partial charge in [0.1, 0.15) is 5.75 Å². The van der Waals surface area contributed by atoms with Gasteiger partial charge in [0.2, 0.25) is 0 Å². The van der Waals surface area contributed by atoms with Gasteiger partial charge in [-0.3, -0.25) is 0 Å². The molecule has 0 fully saturated rings. The zero-order valence-electron chi connectivity index (χ0n) is 12.6. The van der Waals surface area contributed by atoms with Gasteiger partial charge in [-0.05, 0) is 49.6 Å². The summed E-state index contributed by atoms with van der Waals surface area (Å²) in [5.74, 6) is 0.995. The van der Waals surface area contributed by atoms with Gasteiger partial charge in [0, 0.05) is 18.1 Å². The van der Waals surface area contributed by atoms with Crippen LogP contribution < -0.4 is 10.1 Å². The van der Waals surface area contributed by atoms with Gasteiger partial charge in [-0.15, -0.1) is 0 Å². The van der Waals surface area contributed by atoms with E-state index in [0.717, 1.165) is 36.3 Å². The summed E-state index contributed by atoms with van der Waals surface area (Å²) in [7, 11) is 3.47. The molecule has 1 aromatic carbocycles. The number of rotatable bonds is 11. The van der Waals surface area contributed by atoms with Gasteiger partial charge in [0.15, 0.2) is 0 Å². The average molecular weight is 344 g/mol. The Kier molecular flexibility index (Phi) is 9.71. The second-order valence-corrected chi connectivity index (χ2v) is 5.78. The highest BCUT2D eigenvalue weighted by molar-refractivity contribution is 9.10. The van der Waals surface area contributed by atoms with E-state index in [0.29, 0.717) is 0 Å². The first-order chi connectivity index (χ1) is 9.77. The molecule has 1 aromatic rings. The van der Waals surface area contributed by atoms with E-state index >= 15 is 0 Å². The molecule has 0 heterocycles. The zero-order valence-corrected chi connectivity index (χ0v) is 14.2. The summed E-state index contributed by atoms with van der Waals surface area (Å²) in [5.41, 5.74) is 1.29. The maximum Gasteiger partial charge on any atom is 0.122 e. The van der Waals surface area contributed by atoms with Crippen LogP contribution in [0, 0.1) is 0 Å². The number of aryl methyl sites for hydroxylation is 1.